The van der Waals surface area contributed by atoms with Crippen LogP contribution >= 0.6 is 0 Å². The zero-order valence-corrected chi connectivity index (χ0v) is 17.9. The molecule has 2 aromatic heterocycles. The van der Waals surface area contributed by atoms with Crippen LogP contribution in [0.4, 0.5) is 15.9 Å². The summed E-state index contributed by atoms with van der Waals surface area (Å²) < 4.78 is 14.9. The summed E-state index contributed by atoms with van der Waals surface area (Å²) in [5.41, 5.74) is 3.47. The van der Waals surface area contributed by atoms with Gasteiger partial charge >= 0.3 is 0 Å². The maximum atomic E-state index is 13.0. The summed E-state index contributed by atoms with van der Waals surface area (Å²) in [6, 6.07) is 7.74. The van der Waals surface area contributed by atoms with Crippen molar-refractivity contribution in [3.05, 3.63) is 59.4 Å². The number of carbonyl (C=O) groups is 1. The fraction of sp³-hybridized carbons (Fsp3) is 0.391. The standard InChI is InChI=1S/C23H27FN6O/c1-16-20(10-11-23(31)27-19-8-6-18(24)7-9-19)17(2)30(28-16)22-14-21(25-15-26-22)29-12-4-3-5-13-29/h6-9,14-15H,3-5,10-13H2,1-2H3,(H,27,31). The molecule has 0 aliphatic carbocycles. The lowest BCUT2D eigenvalue weighted by atomic mass is 10.1. The average Bonchev–Trinajstić information content (AvgIpc) is 3.08. The second-order valence-electron chi connectivity index (χ2n) is 7.90. The summed E-state index contributed by atoms with van der Waals surface area (Å²) in [7, 11) is 0. The number of aromatic nitrogens is 4. The Kier molecular flexibility index (Phi) is 6.25. The van der Waals surface area contributed by atoms with Gasteiger partial charge in [0, 0.05) is 37.0 Å². The largest absolute Gasteiger partial charge is 0.356 e. The number of aryl methyl sites for hydroxylation is 1. The van der Waals surface area contributed by atoms with E-state index in [2.05, 4.69) is 25.3 Å². The Morgan fingerprint density at radius 2 is 1.77 bits per heavy atom. The number of benzene rings is 1. The molecule has 8 heteroatoms. The molecule has 0 atom stereocenters. The van der Waals surface area contributed by atoms with E-state index in [0.717, 1.165) is 41.7 Å². The van der Waals surface area contributed by atoms with Crippen LogP contribution in [0.5, 0.6) is 0 Å². The number of hydrogen-bond donors (Lipinski definition) is 1. The van der Waals surface area contributed by atoms with Gasteiger partial charge in [-0.05, 0) is 69.4 Å². The molecule has 31 heavy (non-hydrogen) atoms. The van der Waals surface area contributed by atoms with Crippen LogP contribution in [-0.4, -0.2) is 38.7 Å². The van der Waals surface area contributed by atoms with E-state index in [9.17, 15) is 9.18 Å². The van der Waals surface area contributed by atoms with Gasteiger partial charge in [0.2, 0.25) is 5.91 Å². The van der Waals surface area contributed by atoms with E-state index in [0.29, 0.717) is 18.5 Å². The van der Waals surface area contributed by atoms with Gasteiger partial charge in [-0.2, -0.15) is 5.10 Å². The first kappa shape index (κ1) is 21.0. The molecule has 1 aromatic carbocycles. The van der Waals surface area contributed by atoms with Crippen molar-refractivity contribution in [2.24, 2.45) is 0 Å². The molecule has 1 aliphatic heterocycles. The van der Waals surface area contributed by atoms with Crippen LogP contribution in [0.15, 0.2) is 36.7 Å². The number of anilines is 2. The van der Waals surface area contributed by atoms with Crippen LogP contribution in [0.2, 0.25) is 0 Å². The van der Waals surface area contributed by atoms with Crippen LogP contribution in [0, 0.1) is 19.7 Å². The van der Waals surface area contributed by atoms with Gasteiger partial charge in [-0.3, -0.25) is 4.79 Å². The van der Waals surface area contributed by atoms with Crippen molar-refractivity contribution in [3.8, 4) is 5.82 Å². The van der Waals surface area contributed by atoms with E-state index < -0.39 is 0 Å². The molecule has 7 nitrogen and oxygen atoms in total. The van der Waals surface area contributed by atoms with E-state index in [1.807, 2.05) is 24.6 Å². The van der Waals surface area contributed by atoms with Crippen molar-refractivity contribution >= 4 is 17.4 Å². The number of rotatable bonds is 6. The van der Waals surface area contributed by atoms with Crippen molar-refractivity contribution < 1.29 is 9.18 Å². The Labute approximate surface area is 181 Å². The molecule has 1 amide bonds. The van der Waals surface area contributed by atoms with Crippen LogP contribution in [0.3, 0.4) is 0 Å². The van der Waals surface area contributed by atoms with Gasteiger partial charge in [-0.25, -0.2) is 19.0 Å². The summed E-state index contributed by atoms with van der Waals surface area (Å²) in [5.74, 6) is 1.22. The van der Waals surface area contributed by atoms with Crippen molar-refractivity contribution in [2.45, 2.75) is 46.0 Å². The minimum atomic E-state index is -0.329. The number of amides is 1. The molecule has 0 radical (unpaired) electrons. The Morgan fingerprint density at radius 3 is 2.52 bits per heavy atom. The topological polar surface area (TPSA) is 75.9 Å². The average molecular weight is 423 g/mol. The molecule has 1 saturated heterocycles. The zero-order chi connectivity index (χ0) is 21.8. The predicted octanol–water partition coefficient (Wildman–Crippen LogP) is 3.98. The van der Waals surface area contributed by atoms with Gasteiger partial charge in [-0.1, -0.05) is 0 Å². The highest BCUT2D eigenvalue weighted by molar-refractivity contribution is 5.90. The van der Waals surface area contributed by atoms with E-state index in [1.54, 1.807) is 18.5 Å². The summed E-state index contributed by atoms with van der Waals surface area (Å²) in [6.45, 7) is 5.98. The van der Waals surface area contributed by atoms with Crippen molar-refractivity contribution in [1.29, 1.82) is 0 Å². The number of halogens is 1. The third-order valence-electron chi connectivity index (χ3n) is 5.71. The normalized spacial score (nSPS) is 14.0. The van der Waals surface area contributed by atoms with E-state index in [-0.39, 0.29) is 11.7 Å². The fourth-order valence-electron chi connectivity index (χ4n) is 4.00. The molecule has 1 aliphatic rings. The second-order valence-corrected chi connectivity index (χ2v) is 7.90. The number of nitrogens with zero attached hydrogens (tertiary/aromatic N) is 5. The Hall–Kier alpha value is -3.29. The molecule has 1 fully saturated rings. The summed E-state index contributed by atoms with van der Waals surface area (Å²) >= 11 is 0. The fourth-order valence-corrected chi connectivity index (χ4v) is 4.00. The maximum absolute atomic E-state index is 13.0. The van der Waals surface area contributed by atoms with Crippen molar-refractivity contribution in [2.75, 3.05) is 23.3 Å². The quantitative estimate of drug-likeness (QED) is 0.650. The smallest absolute Gasteiger partial charge is 0.224 e. The van der Waals surface area contributed by atoms with Crippen molar-refractivity contribution in [1.82, 2.24) is 19.7 Å². The Balaban J connectivity index is 1.46. The number of nitrogens with one attached hydrogen (secondary N) is 1. The van der Waals surface area contributed by atoms with Crippen LogP contribution in [0.1, 0.15) is 42.6 Å². The lowest BCUT2D eigenvalue weighted by Crippen LogP contribution is -2.30. The van der Waals surface area contributed by atoms with Gasteiger partial charge in [0.1, 0.15) is 18.0 Å². The molecular weight excluding hydrogens is 395 g/mol. The third-order valence-corrected chi connectivity index (χ3v) is 5.71. The Bertz CT molecular complexity index is 1060. The molecule has 162 valence electrons. The number of hydrogen-bond acceptors (Lipinski definition) is 5. The molecule has 0 saturated carbocycles. The zero-order valence-electron chi connectivity index (χ0n) is 17.9. The third kappa shape index (κ3) is 4.90. The lowest BCUT2D eigenvalue weighted by molar-refractivity contribution is -0.116. The van der Waals surface area contributed by atoms with Crippen LogP contribution in [0.25, 0.3) is 5.82 Å². The lowest BCUT2D eigenvalue weighted by Gasteiger charge is -2.27. The second kappa shape index (κ2) is 9.24. The number of piperidine rings is 1. The van der Waals surface area contributed by atoms with E-state index in [4.69, 9.17) is 0 Å². The first-order valence-electron chi connectivity index (χ1n) is 10.7. The molecule has 0 bridgehead atoms. The summed E-state index contributed by atoms with van der Waals surface area (Å²) in [6.07, 6.45) is 6.10. The van der Waals surface area contributed by atoms with Gasteiger partial charge < -0.3 is 10.2 Å². The molecule has 4 rings (SSSR count). The van der Waals surface area contributed by atoms with Gasteiger partial charge in [0.25, 0.3) is 0 Å². The molecular formula is C23H27FN6O. The van der Waals surface area contributed by atoms with Gasteiger partial charge in [0.15, 0.2) is 5.82 Å². The first-order valence-corrected chi connectivity index (χ1v) is 10.7. The number of carbonyl (C=O) groups excluding carboxylic acids is 1. The van der Waals surface area contributed by atoms with Crippen molar-refractivity contribution in [3.63, 3.8) is 0 Å². The highest BCUT2D eigenvalue weighted by Gasteiger charge is 2.17. The van der Waals surface area contributed by atoms with Crippen LogP contribution in [-0.2, 0) is 11.2 Å². The van der Waals surface area contributed by atoms with E-state index >= 15 is 0 Å². The summed E-state index contributed by atoms with van der Waals surface area (Å²) in [4.78, 5) is 23.5. The van der Waals surface area contributed by atoms with Gasteiger partial charge in [-0.15, -0.1) is 0 Å². The molecule has 0 unspecified atom stereocenters. The molecule has 3 aromatic rings. The highest BCUT2D eigenvalue weighted by atomic mass is 19.1. The highest BCUT2D eigenvalue weighted by Crippen LogP contribution is 2.22. The molecule has 3 heterocycles. The van der Waals surface area contributed by atoms with Gasteiger partial charge in [0.05, 0.1) is 5.69 Å². The predicted molar refractivity (Wildman–Crippen MR) is 118 cm³/mol. The maximum Gasteiger partial charge on any atom is 0.224 e. The van der Waals surface area contributed by atoms with E-state index in [1.165, 1.54) is 31.4 Å². The minimum Gasteiger partial charge on any atom is -0.356 e. The minimum absolute atomic E-state index is 0.118. The molecule has 1 N–H and O–H groups in total. The first-order chi connectivity index (χ1) is 15.0. The van der Waals surface area contributed by atoms with Crippen LogP contribution < -0.4 is 10.2 Å². The SMILES string of the molecule is Cc1nn(-c2cc(N3CCCCC3)ncn2)c(C)c1CCC(=O)Nc1ccc(F)cc1. The summed E-state index contributed by atoms with van der Waals surface area (Å²) in [5, 5.41) is 7.47. The Morgan fingerprint density at radius 1 is 1.06 bits per heavy atom. The monoisotopic (exact) mass is 422 g/mol. The molecule has 0 spiro atoms.